The van der Waals surface area contributed by atoms with Crippen molar-refractivity contribution in [1.82, 2.24) is 15.2 Å². The number of aldehydes is 1. The lowest BCUT2D eigenvalue weighted by Crippen LogP contribution is -2.33. The van der Waals surface area contributed by atoms with E-state index in [0.717, 1.165) is 6.54 Å². The van der Waals surface area contributed by atoms with E-state index in [1.807, 2.05) is 7.05 Å². The SMILES string of the molecule is CC(C)(C)OC(=O)NCCCn1cc([N+](=O)[O-])cc1C(=O)Nc1ccc2oc(C=O)cc2c1.CCCNC.COC=O. The molecule has 0 spiro atoms. The monoisotopic (exact) mass is 589 g/mol. The number of furan rings is 1. The molecule has 0 aliphatic heterocycles. The van der Waals surface area contributed by atoms with Crippen molar-refractivity contribution < 1.29 is 38.0 Å². The number of rotatable bonds is 11. The number of alkyl carbamates (subject to hydrolysis) is 1. The maximum absolute atomic E-state index is 12.8. The highest BCUT2D eigenvalue weighted by atomic mass is 16.6. The third-order valence-corrected chi connectivity index (χ3v) is 5.08. The highest BCUT2D eigenvalue weighted by molar-refractivity contribution is 6.04. The molecular formula is C28H39N5O9. The van der Waals surface area contributed by atoms with Gasteiger partial charge in [-0.2, -0.15) is 0 Å². The van der Waals surface area contributed by atoms with Crippen LogP contribution in [0, 0.1) is 10.1 Å². The van der Waals surface area contributed by atoms with Gasteiger partial charge in [-0.25, -0.2) is 4.79 Å². The van der Waals surface area contributed by atoms with Gasteiger partial charge < -0.3 is 34.4 Å². The zero-order valence-electron chi connectivity index (χ0n) is 24.7. The van der Waals surface area contributed by atoms with Gasteiger partial charge in [0.1, 0.15) is 16.9 Å². The second-order valence-corrected chi connectivity index (χ2v) is 9.73. The summed E-state index contributed by atoms with van der Waals surface area (Å²) < 4.78 is 15.8. The van der Waals surface area contributed by atoms with Crippen molar-refractivity contribution in [3.05, 3.63) is 58.1 Å². The molecule has 0 aliphatic carbocycles. The molecule has 2 heterocycles. The second-order valence-electron chi connectivity index (χ2n) is 9.73. The Hall–Kier alpha value is -4.72. The summed E-state index contributed by atoms with van der Waals surface area (Å²) in [7, 11) is 3.27. The van der Waals surface area contributed by atoms with Gasteiger partial charge in [-0.05, 0) is 71.5 Å². The van der Waals surface area contributed by atoms with Gasteiger partial charge in [0.15, 0.2) is 12.0 Å². The van der Waals surface area contributed by atoms with Crippen LogP contribution in [0.2, 0.25) is 0 Å². The fourth-order valence-electron chi connectivity index (χ4n) is 3.37. The lowest BCUT2D eigenvalue weighted by molar-refractivity contribution is -0.384. The largest absolute Gasteiger partial charge is 0.471 e. The number of nitro groups is 1. The molecule has 0 fully saturated rings. The number of ether oxygens (including phenoxy) is 2. The van der Waals surface area contributed by atoms with E-state index in [-0.39, 0.29) is 30.2 Å². The number of benzene rings is 1. The fourth-order valence-corrected chi connectivity index (χ4v) is 3.37. The molecule has 0 bridgehead atoms. The number of carbonyl (C=O) groups excluding carboxylic acids is 4. The number of nitrogens with zero attached hydrogens (tertiary/aromatic N) is 2. The van der Waals surface area contributed by atoms with E-state index in [0.29, 0.717) is 35.8 Å². The standard InChI is InChI=1S/C22H24N4O7.C4H11N.C2H4O2/c1-22(2,3)33-21(29)23-7-4-8-25-12-16(26(30)31)11-18(25)20(28)24-15-5-6-19-14(9-15)10-17(13-27)32-19;1-3-4-5-2;1-4-2-3/h5-6,9-13H,4,7-8H2,1-3H3,(H,23,29)(H,24,28);5H,3-4H2,1-2H3;2H,1H3. The average molecular weight is 590 g/mol. The van der Waals surface area contributed by atoms with Crippen molar-refractivity contribution >= 4 is 47.1 Å². The molecule has 0 radical (unpaired) electrons. The molecule has 14 heteroatoms. The first-order chi connectivity index (χ1) is 19.9. The Morgan fingerprint density at radius 2 is 1.83 bits per heavy atom. The van der Waals surface area contributed by atoms with Crippen molar-refractivity contribution in [2.75, 3.05) is 32.6 Å². The molecule has 0 unspecified atom stereocenters. The van der Waals surface area contributed by atoms with Crippen molar-refractivity contribution in [2.45, 2.75) is 52.7 Å². The van der Waals surface area contributed by atoms with Crippen molar-refractivity contribution in [3.8, 4) is 0 Å². The molecular weight excluding hydrogens is 550 g/mol. The number of anilines is 1. The van der Waals surface area contributed by atoms with E-state index in [9.17, 15) is 24.5 Å². The Morgan fingerprint density at radius 3 is 2.36 bits per heavy atom. The van der Waals surface area contributed by atoms with Crippen LogP contribution in [0.25, 0.3) is 11.0 Å². The fraction of sp³-hybridized carbons (Fsp3) is 0.429. The zero-order chi connectivity index (χ0) is 31.7. The predicted octanol–water partition coefficient (Wildman–Crippen LogP) is 4.53. The quantitative estimate of drug-likeness (QED) is 0.124. The summed E-state index contributed by atoms with van der Waals surface area (Å²) in [6.45, 7) is 9.44. The lowest BCUT2D eigenvalue weighted by Gasteiger charge is -2.19. The van der Waals surface area contributed by atoms with Crippen LogP contribution < -0.4 is 16.0 Å². The number of methoxy groups -OCH3 is 1. The first kappa shape index (κ1) is 35.3. The number of aromatic nitrogens is 1. The summed E-state index contributed by atoms with van der Waals surface area (Å²) >= 11 is 0. The number of nitrogens with one attached hydrogen (secondary N) is 3. The molecule has 14 nitrogen and oxygen atoms in total. The minimum absolute atomic E-state index is 0.0971. The summed E-state index contributed by atoms with van der Waals surface area (Å²) in [5.74, 6) is -0.375. The molecule has 230 valence electrons. The maximum Gasteiger partial charge on any atom is 0.407 e. The van der Waals surface area contributed by atoms with Gasteiger partial charge in [0, 0.05) is 30.2 Å². The van der Waals surface area contributed by atoms with Crippen LogP contribution in [0.5, 0.6) is 0 Å². The Kier molecular flexibility index (Phi) is 15.0. The van der Waals surface area contributed by atoms with Crippen LogP contribution in [0.3, 0.4) is 0 Å². The van der Waals surface area contributed by atoms with Crippen molar-refractivity contribution in [3.63, 3.8) is 0 Å². The summed E-state index contributed by atoms with van der Waals surface area (Å²) in [6.07, 6.45) is 2.95. The second kappa shape index (κ2) is 17.9. The van der Waals surface area contributed by atoms with Crippen LogP contribution in [-0.4, -0.2) is 67.1 Å². The zero-order valence-corrected chi connectivity index (χ0v) is 24.7. The maximum atomic E-state index is 12.8. The van der Waals surface area contributed by atoms with E-state index < -0.39 is 22.5 Å². The Balaban J connectivity index is 0.000000856. The molecule has 0 saturated carbocycles. The van der Waals surface area contributed by atoms with Gasteiger partial charge in [-0.1, -0.05) is 6.92 Å². The van der Waals surface area contributed by atoms with Crippen LogP contribution in [0.4, 0.5) is 16.2 Å². The number of carbonyl (C=O) groups is 4. The van der Waals surface area contributed by atoms with Crippen LogP contribution in [0.15, 0.2) is 40.9 Å². The molecule has 1 aromatic carbocycles. The van der Waals surface area contributed by atoms with E-state index in [4.69, 9.17) is 13.9 Å². The Bertz CT molecular complexity index is 1320. The number of fused-ring (bicyclic) bond motifs is 1. The first-order valence-corrected chi connectivity index (χ1v) is 13.1. The molecule has 42 heavy (non-hydrogen) atoms. The lowest BCUT2D eigenvalue weighted by atomic mass is 10.2. The van der Waals surface area contributed by atoms with Crippen LogP contribution in [0.1, 0.15) is 61.6 Å². The molecule has 0 saturated heterocycles. The summed E-state index contributed by atoms with van der Waals surface area (Å²) in [5, 5.41) is 20.2. The highest BCUT2D eigenvalue weighted by Gasteiger charge is 2.20. The molecule has 3 aromatic rings. The van der Waals surface area contributed by atoms with Gasteiger partial charge in [0.2, 0.25) is 0 Å². The topological polar surface area (TPSA) is 184 Å². The van der Waals surface area contributed by atoms with Gasteiger partial charge >= 0.3 is 6.09 Å². The van der Waals surface area contributed by atoms with Gasteiger partial charge in [-0.15, -0.1) is 0 Å². The summed E-state index contributed by atoms with van der Waals surface area (Å²) in [5.41, 5.74) is 0.186. The molecule has 0 aliphatic rings. The third kappa shape index (κ3) is 12.6. The first-order valence-electron chi connectivity index (χ1n) is 13.1. The van der Waals surface area contributed by atoms with Gasteiger partial charge in [0.25, 0.3) is 18.1 Å². The molecule has 0 atom stereocenters. The third-order valence-electron chi connectivity index (χ3n) is 5.08. The van der Waals surface area contributed by atoms with Crippen LogP contribution >= 0.6 is 0 Å². The van der Waals surface area contributed by atoms with Crippen LogP contribution in [-0.2, 0) is 20.8 Å². The van der Waals surface area contributed by atoms with E-state index in [1.54, 1.807) is 45.0 Å². The van der Waals surface area contributed by atoms with E-state index in [1.165, 1.54) is 30.4 Å². The Morgan fingerprint density at radius 1 is 1.14 bits per heavy atom. The summed E-state index contributed by atoms with van der Waals surface area (Å²) in [6, 6.07) is 7.59. The molecule has 2 aromatic heterocycles. The molecule has 2 amide bonds. The predicted molar refractivity (Wildman–Crippen MR) is 157 cm³/mol. The molecule has 3 rings (SSSR count). The highest BCUT2D eigenvalue weighted by Crippen LogP contribution is 2.24. The van der Waals surface area contributed by atoms with Gasteiger partial charge in [-0.3, -0.25) is 24.5 Å². The van der Waals surface area contributed by atoms with E-state index in [2.05, 4.69) is 27.6 Å². The van der Waals surface area contributed by atoms with Gasteiger partial charge in [0.05, 0.1) is 18.2 Å². The summed E-state index contributed by atoms with van der Waals surface area (Å²) in [4.78, 5) is 55.0. The minimum atomic E-state index is -0.620. The van der Waals surface area contributed by atoms with E-state index >= 15 is 0 Å². The number of hydrogen-bond donors (Lipinski definition) is 3. The number of amides is 2. The normalized spacial score (nSPS) is 10.3. The average Bonchev–Trinajstić information content (AvgIpc) is 3.55. The van der Waals surface area contributed by atoms with Crippen molar-refractivity contribution in [1.29, 1.82) is 0 Å². The van der Waals surface area contributed by atoms with Crippen molar-refractivity contribution in [2.24, 2.45) is 0 Å². The Labute approximate surface area is 243 Å². The number of hydrogen-bond acceptors (Lipinski definition) is 10. The molecule has 3 N–H and O–H groups in total. The smallest absolute Gasteiger partial charge is 0.407 e. The number of aryl methyl sites for hydroxylation is 1. The minimum Gasteiger partial charge on any atom is -0.471 e.